The molecule has 0 saturated carbocycles. The molecular formula is C13H27N3O. The van der Waals surface area contributed by atoms with Gasteiger partial charge in [0.1, 0.15) is 0 Å². The quantitative estimate of drug-likeness (QED) is 0.694. The highest BCUT2D eigenvalue weighted by molar-refractivity contribution is 5.78. The van der Waals surface area contributed by atoms with Gasteiger partial charge in [-0.1, -0.05) is 20.3 Å². The maximum Gasteiger partial charge on any atom is 0.224 e. The van der Waals surface area contributed by atoms with Gasteiger partial charge in [-0.25, -0.2) is 0 Å². The molecule has 1 heterocycles. The summed E-state index contributed by atoms with van der Waals surface area (Å²) in [5, 5.41) is 6.22. The van der Waals surface area contributed by atoms with Gasteiger partial charge in [0.2, 0.25) is 5.91 Å². The Morgan fingerprint density at radius 3 is 2.65 bits per heavy atom. The van der Waals surface area contributed by atoms with Crippen molar-refractivity contribution in [2.75, 3.05) is 39.3 Å². The van der Waals surface area contributed by atoms with E-state index < -0.39 is 0 Å². The molecule has 1 fully saturated rings. The number of carbonyl (C=O) groups is 1. The molecule has 0 aliphatic carbocycles. The van der Waals surface area contributed by atoms with Crippen molar-refractivity contribution in [2.24, 2.45) is 5.92 Å². The van der Waals surface area contributed by atoms with Crippen molar-refractivity contribution >= 4 is 5.91 Å². The second-order valence-corrected chi connectivity index (χ2v) is 4.90. The van der Waals surface area contributed by atoms with Gasteiger partial charge in [0, 0.05) is 25.6 Å². The number of nitrogens with one attached hydrogen (secondary N) is 2. The average molecular weight is 241 g/mol. The Bertz CT molecular complexity index is 215. The highest BCUT2D eigenvalue weighted by Crippen LogP contribution is 2.07. The van der Waals surface area contributed by atoms with Crippen LogP contribution in [-0.2, 0) is 4.79 Å². The zero-order chi connectivity index (χ0) is 12.5. The van der Waals surface area contributed by atoms with Crippen LogP contribution in [0.25, 0.3) is 0 Å². The molecule has 0 bridgehead atoms. The molecular weight excluding hydrogens is 214 g/mol. The summed E-state index contributed by atoms with van der Waals surface area (Å²) in [6.45, 7) is 9.90. The Balaban J connectivity index is 2.06. The summed E-state index contributed by atoms with van der Waals surface area (Å²) in [6, 6.07) is 0. The van der Waals surface area contributed by atoms with E-state index >= 15 is 0 Å². The van der Waals surface area contributed by atoms with E-state index in [9.17, 15) is 4.79 Å². The third-order valence-corrected chi connectivity index (χ3v) is 3.32. The van der Waals surface area contributed by atoms with Crippen LogP contribution < -0.4 is 10.6 Å². The molecule has 0 aromatic rings. The first-order chi connectivity index (χ1) is 8.24. The lowest BCUT2D eigenvalue weighted by molar-refractivity contribution is -0.124. The summed E-state index contributed by atoms with van der Waals surface area (Å²) in [6.07, 6.45) is 3.98. The van der Waals surface area contributed by atoms with Crippen molar-refractivity contribution in [3.63, 3.8) is 0 Å². The van der Waals surface area contributed by atoms with Crippen LogP contribution in [0, 0.1) is 5.92 Å². The third-order valence-electron chi connectivity index (χ3n) is 3.32. The standard InChI is InChI=1S/C13H27N3O/c1-3-14-11-12(2)13(17)15-7-10-16-8-5-4-6-9-16/h12,14H,3-11H2,1-2H3,(H,15,17). The number of piperidine rings is 1. The van der Waals surface area contributed by atoms with Gasteiger partial charge in [0.05, 0.1) is 0 Å². The summed E-state index contributed by atoms with van der Waals surface area (Å²) >= 11 is 0. The minimum absolute atomic E-state index is 0.0660. The maximum absolute atomic E-state index is 11.7. The zero-order valence-corrected chi connectivity index (χ0v) is 11.3. The summed E-state index contributed by atoms with van der Waals surface area (Å²) in [5.41, 5.74) is 0. The molecule has 2 N–H and O–H groups in total. The third kappa shape index (κ3) is 6.03. The highest BCUT2D eigenvalue weighted by atomic mass is 16.1. The van der Waals surface area contributed by atoms with Gasteiger partial charge >= 0.3 is 0 Å². The minimum Gasteiger partial charge on any atom is -0.355 e. The number of hydrogen-bond donors (Lipinski definition) is 2. The summed E-state index contributed by atoms with van der Waals surface area (Å²) in [5.74, 6) is 0.235. The Kier molecular flexibility index (Phi) is 7.21. The van der Waals surface area contributed by atoms with Gasteiger partial charge in [-0.15, -0.1) is 0 Å². The molecule has 1 unspecified atom stereocenters. The van der Waals surface area contributed by atoms with Gasteiger partial charge in [-0.2, -0.15) is 0 Å². The molecule has 4 heteroatoms. The van der Waals surface area contributed by atoms with Crippen molar-refractivity contribution in [1.82, 2.24) is 15.5 Å². The second-order valence-electron chi connectivity index (χ2n) is 4.90. The lowest BCUT2D eigenvalue weighted by atomic mass is 10.1. The molecule has 100 valence electrons. The van der Waals surface area contributed by atoms with Gasteiger partial charge in [-0.05, 0) is 32.5 Å². The van der Waals surface area contributed by atoms with Crippen LogP contribution in [0.2, 0.25) is 0 Å². The van der Waals surface area contributed by atoms with Crippen molar-refractivity contribution in [1.29, 1.82) is 0 Å². The molecule has 4 nitrogen and oxygen atoms in total. The van der Waals surface area contributed by atoms with E-state index in [-0.39, 0.29) is 11.8 Å². The van der Waals surface area contributed by atoms with E-state index in [0.29, 0.717) is 0 Å². The predicted octanol–water partition coefficient (Wildman–Crippen LogP) is 0.834. The molecule has 1 rings (SSSR count). The van der Waals surface area contributed by atoms with Crippen LogP contribution in [-0.4, -0.2) is 50.1 Å². The molecule has 0 radical (unpaired) electrons. The largest absolute Gasteiger partial charge is 0.355 e. The maximum atomic E-state index is 11.7. The van der Waals surface area contributed by atoms with Gasteiger partial charge in [0.25, 0.3) is 0 Å². The number of amides is 1. The minimum atomic E-state index is 0.0660. The number of nitrogens with zero attached hydrogens (tertiary/aromatic N) is 1. The van der Waals surface area contributed by atoms with Crippen LogP contribution in [0.5, 0.6) is 0 Å². The molecule has 1 aliphatic heterocycles. The second kappa shape index (κ2) is 8.48. The summed E-state index contributed by atoms with van der Waals surface area (Å²) < 4.78 is 0. The van der Waals surface area contributed by atoms with Gasteiger partial charge in [-0.3, -0.25) is 4.79 Å². The lowest BCUT2D eigenvalue weighted by Crippen LogP contribution is -2.41. The predicted molar refractivity (Wildman–Crippen MR) is 71.0 cm³/mol. The van der Waals surface area contributed by atoms with Crippen LogP contribution in [0.4, 0.5) is 0 Å². The first-order valence-electron chi connectivity index (χ1n) is 6.94. The Morgan fingerprint density at radius 2 is 2.00 bits per heavy atom. The fourth-order valence-corrected chi connectivity index (χ4v) is 2.15. The van der Waals surface area contributed by atoms with Crippen LogP contribution >= 0.6 is 0 Å². The first-order valence-corrected chi connectivity index (χ1v) is 6.94. The van der Waals surface area contributed by atoms with Crippen LogP contribution in [0.15, 0.2) is 0 Å². The Morgan fingerprint density at radius 1 is 1.29 bits per heavy atom. The van der Waals surface area contributed by atoms with Crippen molar-refractivity contribution in [2.45, 2.75) is 33.1 Å². The smallest absolute Gasteiger partial charge is 0.224 e. The van der Waals surface area contributed by atoms with Crippen molar-refractivity contribution in [3.8, 4) is 0 Å². The fraction of sp³-hybridized carbons (Fsp3) is 0.923. The molecule has 1 atom stereocenters. The number of carbonyl (C=O) groups excluding carboxylic acids is 1. The average Bonchev–Trinajstić information content (AvgIpc) is 2.37. The molecule has 1 amide bonds. The molecule has 17 heavy (non-hydrogen) atoms. The van der Waals surface area contributed by atoms with E-state index in [2.05, 4.69) is 22.5 Å². The zero-order valence-electron chi connectivity index (χ0n) is 11.3. The highest BCUT2D eigenvalue weighted by Gasteiger charge is 2.13. The lowest BCUT2D eigenvalue weighted by Gasteiger charge is -2.26. The number of likely N-dealkylation sites (tertiary alicyclic amines) is 1. The van der Waals surface area contributed by atoms with E-state index in [1.54, 1.807) is 0 Å². The fourth-order valence-electron chi connectivity index (χ4n) is 2.15. The summed E-state index contributed by atoms with van der Waals surface area (Å²) in [7, 11) is 0. The van der Waals surface area contributed by atoms with Gasteiger partial charge < -0.3 is 15.5 Å². The number of rotatable bonds is 7. The molecule has 0 aromatic heterocycles. The Labute approximate surface area is 105 Å². The molecule has 1 aliphatic rings. The van der Waals surface area contributed by atoms with E-state index in [4.69, 9.17) is 0 Å². The SMILES string of the molecule is CCNCC(C)C(=O)NCCN1CCCCC1. The molecule has 1 saturated heterocycles. The Hall–Kier alpha value is -0.610. The van der Waals surface area contributed by atoms with Crippen LogP contribution in [0.1, 0.15) is 33.1 Å². The molecule has 0 spiro atoms. The summed E-state index contributed by atoms with van der Waals surface area (Å²) in [4.78, 5) is 14.2. The first kappa shape index (κ1) is 14.5. The van der Waals surface area contributed by atoms with E-state index in [0.717, 1.165) is 26.2 Å². The van der Waals surface area contributed by atoms with Gasteiger partial charge in [0.15, 0.2) is 0 Å². The molecule has 0 aromatic carbocycles. The van der Waals surface area contributed by atoms with Crippen LogP contribution in [0.3, 0.4) is 0 Å². The normalized spacial score (nSPS) is 18.9. The van der Waals surface area contributed by atoms with E-state index in [1.807, 2.05) is 6.92 Å². The van der Waals surface area contributed by atoms with E-state index in [1.165, 1.54) is 32.4 Å². The monoisotopic (exact) mass is 241 g/mol. The van der Waals surface area contributed by atoms with Crippen molar-refractivity contribution < 1.29 is 4.79 Å². The topological polar surface area (TPSA) is 44.4 Å². The number of hydrogen-bond acceptors (Lipinski definition) is 3. The van der Waals surface area contributed by atoms with Crippen molar-refractivity contribution in [3.05, 3.63) is 0 Å².